The van der Waals surface area contributed by atoms with Gasteiger partial charge in [-0.25, -0.2) is 9.98 Å². The van der Waals surface area contributed by atoms with Gasteiger partial charge in [-0.2, -0.15) is 0 Å². The molecular weight excluding hydrogens is 516 g/mol. The van der Waals surface area contributed by atoms with Gasteiger partial charge in [-0.1, -0.05) is 31.4 Å². The summed E-state index contributed by atoms with van der Waals surface area (Å²) in [5, 5.41) is 7.64. The number of hydrogen-bond acceptors (Lipinski definition) is 7. The third kappa shape index (κ3) is 5.95. The van der Waals surface area contributed by atoms with Gasteiger partial charge in [-0.3, -0.25) is 4.40 Å². The summed E-state index contributed by atoms with van der Waals surface area (Å²) in [6.07, 6.45) is 5.99. The number of anilines is 2. The first-order valence-electron chi connectivity index (χ1n) is 13.3. The summed E-state index contributed by atoms with van der Waals surface area (Å²) in [6.45, 7) is 16.6. The highest BCUT2D eigenvalue weighted by Crippen LogP contribution is 2.31. The maximum Gasteiger partial charge on any atom is 0.137 e. The third-order valence-electron chi connectivity index (χ3n) is 7.03. The normalized spacial score (nSPS) is 14.9. The zero-order chi connectivity index (χ0) is 28.2. The monoisotopic (exact) mass is 552 g/mol. The van der Waals surface area contributed by atoms with Crippen LogP contribution >= 0.6 is 11.3 Å². The fourth-order valence-corrected chi connectivity index (χ4v) is 5.53. The molecule has 0 aliphatic carbocycles. The topological polar surface area (TPSA) is 86.2 Å². The van der Waals surface area contributed by atoms with E-state index >= 15 is 0 Å². The minimum absolute atomic E-state index is 0.681. The standard InChI is InChI=1S/C31H36N8S/c1-6-26(28-20-33-30-19-24(13-14-39(28)30)22(3)38-17-15-37(5)16-18-38)35-23(4)36-31-12-11-29(40-31)21(2)34-27-10-8-7-9-25(27)32/h6-14,19-20,34H,2-3,15-18,32H2,1,4-5H3,(H,35,36)/b26-6-. The number of amidine groups is 1. The number of nitrogens with two attached hydrogens (primary N) is 1. The highest BCUT2D eigenvalue weighted by atomic mass is 32.1. The maximum atomic E-state index is 6.06. The number of rotatable bonds is 8. The number of piperazine rings is 1. The Balaban J connectivity index is 1.27. The summed E-state index contributed by atoms with van der Waals surface area (Å²) in [7, 11) is 2.16. The second-order valence-corrected chi connectivity index (χ2v) is 10.9. The average Bonchev–Trinajstić information content (AvgIpc) is 3.60. The van der Waals surface area contributed by atoms with Crippen LogP contribution in [-0.2, 0) is 0 Å². The number of para-hydroxylation sites is 2. The van der Waals surface area contributed by atoms with E-state index in [4.69, 9.17) is 15.7 Å². The van der Waals surface area contributed by atoms with E-state index in [1.54, 1.807) is 11.3 Å². The number of aliphatic imine (C=N–C) groups is 1. The van der Waals surface area contributed by atoms with Crippen molar-refractivity contribution in [1.82, 2.24) is 24.5 Å². The molecule has 1 aromatic carbocycles. The van der Waals surface area contributed by atoms with Gasteiger partial charge in [0, 0.05) is 49.3 Å². The van der Waals surface area contributed by atoms with E-state index in [1.165, 1.54) is 0 Å². The molecule has 40 heavy (non-hydrogen) atoms. The van der Waals surface area contributed by atoms with Crippen LogP contribution in [0.3, 0.4) is 0 Å². The molecule has 0 atom stereocenters. The van der Waals surface area contributed by atoms with Crippen LogP contribution in [0.25, 0.3) is 22.7 Å². The lowest BCUT2D eigenvalue weighted by Gasteiger charge is -2.35. The summed E-state index contributed by atoms with van der Waals surface area (Å²) in [5.41, 5.74) is 13.3. The van der Waals surface area contributed by atoms with Crippen LogP contribution in [-0.4, -0.2) is 58.2 Å². The van der Waals surface area contributed by atoms with Gasteiger partial charge in [0.15, 0.2) is 0 Å². The molecule has 1 saturated heterocycles. The van der Waals surface area contributed by atoms with E-state index in [0.29, 0.717) is 5.69 Å². The third-order valence-corrected chi connectivity index (χ3v) is 8.06. The summed E-state index contributed by atoms with van der Waals surface area (Å²) in [4.78, 5) is 15.2. The van der Waals surface area contributed by atoms with Gasteiger partial charge in [-0.05, 0) is 57.3 Å². The molecule has 0 spiro atoms. The molecule has 0 radical (unpaired) electrons. The van der Waals surface area contributed by atoms with Gasteiger partial charge in [0.2, 0.25) is 0 Å². The van der Waals surface area contributed by atoms with Gasteiger partial charge in [0.1, 0.15) is 16.5 Å². The van der Waals surface area contributed by atoms with Gasteiger partial charge in [0.25, 0.3) is 0 Å². The zero-order valence-corrected chi connectivity index (χ0v) is 24.1. The molecule has 1 aliphatic rings. The van der Waals surface area contributed by atoms with E-state index in [1.807, 2.05) is 62.5 Å². The fraction of sp³-hybridized carbons (Fsp3) is 0.226. The van der Waals surface area contributed by atoms with Crippen molar-refractivity contribution in [3.05, 3.63) is 96.3 Å². The molecule has 1 fully saturated rings. The van der Waals surface area contributed by atoms with Crippen molar-refractivity contribution in [3.63, 3.8) is 0 Å². The summed E-state index contributed by atoms with van der Waals surface area (Å²) >= 11 is 1.56. The number of nitrogen functional groups attached to an aromatic ring is 1. The molecule has 0 saturated carbocycles. The molecule has 0 unspecified atom stereocenters. The predicted octanol–water partition coefficient (Wildman–Crippen LogP) is 5.98. The Morgan fingerprint density at radius 3 is 2.62 bits per heavy atom. The molecule has 9 heteroatoms. The largest absolute Gasteiger partial charge is 0.397 e. The van der Waals surface area contributed by atoms with E-state index in [0.717, 1.165) is 81.6 Å². The molecule has 4 heterocycles. The minimum atomic E-state index is 0.681. The molecule has 5 rings (SSSR count). The van der Waals surface area contributed by atoms with E-state index in [-0.39, 0.29) is 0 Å². The lowest BCUT2D eigenvalue weighted by atomic mass is 10.1. The van der Waals surface area contributed by atoms with Crippen molar-refractivity contribution < 1.29 is 0 Å². The number of aromatic nitrogens is 2. The van der Waals surface area contributed by atoms with Crippen LogP contribution in [0, 0.1) is 0 Å². The first-order valence-corrected chi connectivity index (χ1v) is 14.1. The summed E-state index contributed by atoms with van der Waals surface area (Å²) in [6, 6.07) is 15.9. The molecule has 4 N–H and O–H groups in total. The van der Waals surface area contributed by atoms with Crippen LogP contribution in [0.2, 0.25) is 0 Å². The highest BCUT2D eigenvalue weighted by Gasteiger charge is 2.17. The van der Waals surface area contributed by atoms with E-state index in [2.05, 4.69) is 63.4 Å². The number of hydrogen-bond donors (Lipinski definition) is 3. The molecule has 1 aliphatic heterocycles. The van der Waals surface area contributed by atoms with Crippen LogP contribution in [0.1, 0.15) is 30.0 Å². The van der Waals surface area contributed by atoms with Crippen molar-refractivity contribution in [2.75, 3.05) is 44.3 Å². The average molecular weight is 553 g/mol. The lowest BCUT2D eigenvalue weighted by molar-refractivity contribution is 0.207. The lowest BCUT2D eigenvalue weighted by Crippen LogP contribution is -2.43. The minimum Gasteiger partial charge on any atom is -0.397 e. The number of pyridine rings is 1. The van der Waals surface area contributed by atoms with Gasteiger partial charge in [-0.15, -0.1) is 11.3 Å². The first-order chi connectivity index (χ1) is 19.3. The second kappa shape index (κ2) is 11.8. The maximum absolute atomic E-state index is 6.06. The Morgan fingerprint density at radius 2 is 1.88 bits per heavy atom. The van der Waals surface area contributed by atoms with Crippen LogP contribution in [0.5, 0.6) is 0 Å². The number of likely N-dealkylation sites (N-methyl/N-ethyl adjacent to an activating group) is 1. The zero-order valence-electron chi connectivity index (χ0n) is 23.3. The quantitative estimate of drug-likeness (QED) is 0.142. The number of fused-ring (bicyclic) bond motifs is 1. The van der Waals surface area contributed by atoms with Gasteiger partial charge in [0.05, 0.1) is 33.8 Å². The predicted molar refractivity (Wildman–Crippen MR) is 171 cm³/mol. The van der Waals surface area contributed by atoms with Gasteiger partial charge >= 0.3 is 0 Å². The number of thiophene rings is 1. The second-order valence-electron chi connectivity index (χ2n) is 9.88. The molecular formula is C31H36N8S. The number of allylic oxidation sites excluding steroid dienone is 1. The number of imidazole rings is 1. The fourth-order valence-electron chi connectivity index (χ4n) is 4.68. The Hall–Kier alpha value is -4.34. The van der Waals surface area contributed by atoms with Crippen molar-refractivity contribution in [2.24, 2.45) is 4.99 Å². The molecule has 8 nitrogen and oxygen atoms in total. The molecule has 4 aromatic rings. The molecule has 3 aromatic heterocycles. The number of nitrogens with one attached hydrogen (secondary N) is 2. The molecule has 0 amide bonds. The first kappa shape index (κ1) is 27.2. The van der Waals surface area contributed by atoms with Crippen molar-refractivity contribution in [1.29, 1.82) is 0 Å². The van der Waals surface area contributed by atoms with Crippen LogP contribution in [0.15, 0.2) is 85.2 Å². The number of nitrogens with zero attached hydrogens (tertiary/aromatic N) is 5. The Labute approximate surface area is 239 Å². The summed E-state index contributed by atoms with van der Waals surface area (Å²) in [5.74, 6) is 0.780. The van der Waals surface area contributed by atoms with Crippen LogP contribution in [0.4, 0.5) is 16.4 Å². The smallest absolute Gasteiger partial charge is 0.137 e. The Morgan fingerprint density at radius 1 is 1.10 bits per heavy atom. The van der Waals surface area contributed by atoms with Crippen molar-refractivity contribution in [2.45, 2.75) is 13.8 Å². The van der Waals surface area contributed by atoms with Crippen LogP contribution < -0.4 is 16.4 Å². The van der Waals surface area contributed by atoms with E-state index < -0.39 is 0 Å². The highest BCUT2D eigenvalue weighted by molar-refractivity contribution is 7.16. The molecule has 206 valence electrons. The SMILES string of the molecule is C=C(Nc1ccccc1N)c1ccc(/N=C(/C)N/C(=C\C)c2cnc3cc(C(=C)N4CCN(C)CC4)ccn23)s1. The number of benzene rings is 1. The summed E-state index contributed by atoms with van der Waals surface area (Å²) < 4.78 is 2.09. The Bertz CT molecular complexity index is 1600. The van der Waals surface area contributed by atoms with E-state index in [9.17, 15) is 0 Å². The molecule has 0 bridgehead atoms. The van der Waals surface area contributed by atoms with Crippen molar-refractivity contribution >= 4 is 56.3 Å². The van der Waals surface area contributed by atoms with Crippen molar-refractivity contribution in [3.8, 4) is 0 Å². The Kier molecular flexibility index (Phi) is 8.04. The van der Waals surface area contributed by atoms with Gasteiger partial charge < -0.3 is 26.2 Å².